The molecule has 16 heteroatoms. The van der Waals surface area contributed by atoms with E-state index in [1.165, 1.54) is 11.8 Å². The summed E-state index contributed by atoms with van der Waals surface area (Å²) in [5.74, 6) is -5.14. The van der Waals surface area contributed by atoms with E-state index in [0.717, 1.165) is 0 Å². The van der Waals surface area contributed by atoms with Crippen molar-refractivity contribution in [2.24, 2.45) is 11.5 Å². The topological polar surface area (TPSA) is 252 Å². The lowest BCUT2D eigenvalue weighted by molar-refractivity contribution is -0.142. The highest BCUT2D eigenvalue weighted by atomic mass is 16.2. The molecule has 0 aliphatic carbocycles. The Morgan fingerprint density at radius 3 is 1.97 bits per heavy atom. The zero-order valence-corrected chi connectivity index (χ0v) is 19.9. The van der Waals surface area contributed by atoms with Gasteiger partial charge in [-0.2, -0.15) is 0 Å². The SMILES string of the molecule is CC(=O)NCC(=O)NCC(=O)N[C@@H](CCC(N)=O)C(=O)N1CCC[C@H]1C(=O)NCC(=O)NCC(N)=O. The Kier molecular flexibility index (Phi) is 12.3. The molecule has 0 radical (unpaired) electrons. The summed E-state index contributed by atoms with van der Waals surface area (Å²) in [6.07, 6.45) is 0.417. The van der Waals surface area contributed by atoms with Crippen LogP contribution >= 0.6 is 0 Å². The number of amides is 8. The molecule has 1 fully saturated rings. The van der Waals surface area contributed by atoms with E-state index in [0.29, 0.717) is 12.8 Å². The molecule has 1 aliphatic rings. The number of nitrogens with zero attached hydrogens (tertiary/aromatic N) is 1. The summed E-state index contributed by atoms with van der Waals surface area (Å²) in [6.45, 7) is -0.246. The van der Waals surface area contributed by atoms with Gasteiger partial charge >= 0.3 is 0 Å². The molecule has 1 aliphatic heterocycles. The van der Waals surface area contributed by atoms with Gasteiger partial charge in [-0.3, -0.25) is 38.4 Å². The van der Waals surface area contributed by atoms with Crippen LogP contribution in [0.25, 0.3) is 0 Å². The first-order valence-electron chi connectivity index (χ1n) is 11.1. The average Bonchev–Trinajstić information content (AvgIpc) is 3.30. The van der Waals surface area contributed by atoms with Crippen molar-refractivity contribution in [1.82, 2.24) is 31.5 Å². The zero-order valence-electron chi connectivity index (χ0n) is 19.9. The van der Waals surface area contributed by atoms with Gasteiger partial charge < -0.3 is 43.0 Å². The lowest BCUT2D eigenvalue weighted by Gasteiger charge is -2.28. The summed E-state index contributed by atoms with van der Waals surface area (Å²) in [5, 5.41) is 11.6. The lowest BCUT2D eigenvalue weighted by Crippen LogP contribution is -2.55. The number of carbonyl (C=O) groups excluding carboxylic acids is 8. The minimum absolute atomic E-state index is 0.139. The van der Waals surface area contributed by atoms with Crippen LogP contribution in [0.15, 0.2) is 0 Å². The van der Waals surface area contributed by atoms with Gasteiger partial charge in [-0.25, -0.2) is 0 Å². The largest absolute Gasteiger partial charge is 0.370 e. The highest BCUT2D eigenvalue weighted by Gasteiger charge is 2.37. The fourth-order valence-electron chi connectivity index (χ4n) is 3.27. The number of nitrogens with two attached hydrogens (primary N) is 2. The van der Waals surface area contributed by atoms with Crippen molar-refractivity contribution < 1.29 is 38.4 Å². The summed E-state index contributed by atoms with van der Waals surface area (Å²) in [6, 6.07) is -2.13. The Balaban J connectivity index is 2.74. The molecule has 1 saturated heterocycles. The number of rotatable bonds is 14. The van der Waals surface area contributed by atoms with Crippen LogP contribution in [0.1, 0.15) is 32.6 Å². The van der Waals surface area contributed by atoms with Gasteiger partial charge in [0.1, 0.15) is 12.1 Å². The van der Waals surface area contributed by atoms with Crippen molar-refractivity contribution in [2.45, 2.75) is 44.7 Å². The van der Waals surface area contributed by atoms with Gasteiger partial charge in [0.2, 0.25) is 47.3 Å². The molecular formula is C20H32N8O8. The van der Waals surface area contributed by atoms with E-state index in [4.69, 9.17) is 11.5 Å². The first kappa shape index (κ1) is 29.8. The molecule has 1 rings (SSSR count). The maximum Gasteiger partial charge on any atom is 0.245 e. The molecule has 0 unspecified atom stereocenters. The summed E-state index contributed by atoms with van der Waals surface area (Å²) in [5.41, 5.74) is 10.1. The first-order valence-corrected chi connectivity index (χ1v) is 11.1. The van der Waals surface area contributed by atoms with Crippen molar-refractivity contribution >= 4 is 47.3 Å². The standard InChI is InChI=1S/C20H32N8O8/c1-11(29)23-8-16(32)25-10-18(34)27-12(4-5-14(21)30)20(36)28-6-2-3-13(28)19(35)26-9-17(33)24-7-15(22)31/h12-13H,2-10H2,1H3,(H2,21,30)(H2,22,31)(H,23,29)(H,24,33)(H,25,32)(H,26,35)(H,27,34)/t12-,13-/m0/s1. The maximum atomic E-state index is 13.2. The quantitative estimate of drug-likeness (QED) is 0.118. The third-order valence-electron chi connectivity index (χ3n) is 4.98. The van der Waals surface area contributed by atoms with E-state index in [1.54, 1.807) is 0 Å². The molecule has 1 heterocycles. The van der Waals surface area contributed by atoms with Crippen LogP contribution in [0, 0.1) is 0 Å². The van der Waals surface area contributed by atoms with Crippen molar-refractivity contribution in [2.75, 3.05) is 32.7 Å². The predicted octanol–water partition coefficient (Wildman–Crippen LogP) is -5.30. The minimum Gasteiger partial charge on any atom is -0.370 e. The molecule has 0 aromatic carbocycles. The van der Waals surface area contributed by atoms with Crippen LogP contribution in [0.2, 0.25) is 0 Å². The number of likely N-dealkylation sites (tertiary alicyclic amines) is 1. The number of primary amides is 2. The van der Waals surface area contributed by atoms with Gasteiger partial charge in [0.05, 0.1) is 26.2 Å². The van der Waals surface area contributed by atoms with E-state index in [-0.39, 0.29) is 25.9 Å². The van der Waals surface area contributed by atoms with Gasteiger partial charge in [0, 0.05) is 19.9 Å². The monoisotopic (exact) mass is 512 g/mol. The highest BCUT2D eigenvalue weighted by Crippen LogP contribution is 2.19. The Morgan fingerprint density at radius 2 is 1.39 bits per heavy atom. The van der Waals surface area contributed by atoms with Gasteiger partial charge in [-0.1, -0.05) is 0 Å². The Morgan fingerprint density at radius 1 is 0.806 bits per heavy atom. The van der Waals surface area contributed by atoms with Gasteiger partial charge in [0.15, 0.2) is 0 Å². The fourth-order valence-corrected chi connectivity index (χ4v) is 3.27. The maximum absolute atomic E-state index is 13.2. The molecule has 8 amide bonds. The van der Waals surface area contributed by atoms with Gasteiger partial charge in [-0.15, -0.1) is 0 Å². The number of hydrogen-bond acceptors (Lipinski definition) is 8. The smallest absolute Gasteiger partial charge is 0.245 e. The normalized spacial score (nSPS) is 15.2. The van der Waals surface area contributed by atoms with Crippen LogP contribution in [0.4, 0.5) is 0 Å². The molecule has 2 atom stereocenters. The second-order valence-electron chi connectivity index (χ2n) is 7.96. The van der Waals surface area contributed by atoms with E-state index >= 15 is 0 Å². The zero-order chi connectivity index (χ0) is 27.3. The molecule has 36 heavy (non-hydrogen) atoms. The highest BCUT2D eigenvalue weighted by molar-refractivity contribution is 5.95. The predicted molar refractivity (Wildman–Crippen MR) is 122 cm³/mol. The number of hydrogen-bond donors (Lipinski definition) is 7. The summed E-state index contributed by atoms with van der Waals surface area (Å²) in [7, 11) is 0. The Bertz CT molecular complexity index is 893. The molecule has 16 nitrogen and oxygen atoms in total. The lowest BCUT2D eigenvalue weighted by atomic mass is 10.1. The second-order valence-corrected chi connectivity index (χ2v) is 7.96. The molecular weight excluding hydrogens is 480 g/mol. The Hall–Kier alpha value is -4.24. The third-order valence-corrected chi connectivity index (χ3v) is 4.98. The van der Waals surface area contributed by atoms with Crippen molar-refractivity contribution in [3.8, 4) is 0 Å². The molecule has 200 valence electrons. The van der Waals surface area contributed by atoms with Crippen LogP contribution < -0.4 is 38.1 Å². The van der Waals surface area contributed by atoms with Crippen molar-refractivity contribution in [3.05, 3.63) is 0 Å². The number of carbonyl (C=O) groups is 8. The molecule has 0 aromatic rings. The second kappa shape index (κ2) is 14.9. The number of nitrogens with one attached hydrogen (secondary N) is 5. The molecule has 0 bridgehead atoms. The summed E-state index contributed by atoms with van der Waals surface area (Å²) < 4.78 is 0. The van der Waals surface area contributed by atoms with Crippen molar-refractivity contribution in [3.63, 3.8) is 0 Å². The molecule has 0 spiro atoms. The van der Waals surface area contributed by atoms with Crippen molar-refractivity contribution in [1.29, 1.82) is 0 Å². The molecule has 0 saturated carbocycles. The summed E-state index contributed by atoms with van der Waals surface area (Å²) in [4.78, 5) is 95.4. The van der Waals surface area contributed by atoms with Crippen LogP contribution in [-0.4, -0.2) is 97.0 Å². The third kappa shape index (κ3) is 11.3. The fraction of sp³-hybridized carbons (Fsp3) is 0.600. The average molecular weight is 513 g/mol. The first-order chi connectivity index (χ1) is 16.9. The van der Waals surface area contributed by atoms with Crippen LogP contribution in [0.5, 0.6) is 0 Å². The van der Waals surface area contributed by atoms with E-state index < -0.39 is 79.0 Å². The van der Waals surface area contributed by atoms with Gasteiger partial charge in [0.25, 0.3) is 0 Å². The molecule has 9 N–H and O–H groups in total. The van der Waals surface area contributed by atoms with Crippen LogP contribution in [-0.2, 0) is 38.4 Å². The Labute approximate surface area is 206 Å². The van der Waals surface area contributed by atoms with Gasteiger partial charge in [-0.05, 0) is 19.3 Å². The van der Waals surface area contributed by atoms with E-state index in [2.05, 4.69) is 26.6 Å². The van der Waals surface area contributed by atoms with E-state index in [1.807, 2.05) is 0 Å². The van der Waals surface area contributed by atoms with E-state index in [9.17, 15) is 38.4 Å². The summed E-state index contributed by atoms with van der Waals surface area (Å²) >= 11 is 0. The minimum atomic E-state index is -1.20. The molecule has 0 aromatic heterocycles. The van der Waals surface area contributed by atoms with Crippen LogP contribution in [0.3, 0.4) is 0 Å².